The monoisotopic (exact) mass is 531 g/mol. The van der Waals surface area contributed by atoms with Crippen molar-refractivity contribution in [1.82, 2.24) is 24.8 Å². The van der Waals surface area contributed by atoms with Crippen LogP contribution in [-0.4, -0.2) is 81.1 Å². The molecule has 0 spiro atoms. The number of piperazine rings is 1. The van der Waals surface area contributed by atoms with Gasteiger partial charge < -0.3 is 24.3 Å². The number of benzene rings is 1. The fourth-order valence-electron chi connectivity index (χ4n) is 5.09. The molecule has 2 aliphatic heterocycles. The molecule has 3 aromatic rings. The molecule has 2 amide bonds. The lowest BCUT2D eigenvalue weighted by atomic mass is 10.1. The molecule has 1 saturated heterocycles. The van der Waals surface area contributed by atoms with E-state index in [1.54, 1.807) is 4.90 Å². The fourth-order valence-corrected chi connectivity index (χ4v) is 5.09. The lowest BCUT2D eigenvalue weighted by molar-refractivity contribution is 0.0158. The number of anilines is 3. The first-order valence-electron chi connectivity index (χ1n) is 13.5. The molecule has 0 radical (unpaired) electrons. The van der Waals surface area contributed by atoms with Crippen LogP contribution in [0.3, 0.4) is 0 Å². The number of carbonyl (C=O) groups excluding carboxylic acids is 2. The number of fused-ring (bicyclic) bond motifs is 2. The molecule has 2 aromatic heterocycles. The maximum atomic E-state index is 13.4. The lowest BCUT2D eigenvalue weighted by Crippen LogP contribution is -2.55. The maximum Gasteiger partial charge on any atom is 0.410 e. The van der Waals surface area contributed by atoms with Crippen LogP contribution in [0.4, 0.5) is 22.4 Å². The Labute approximate surface area is 229 Å². The van der Waals surface area contributed by atoms with Crippen LogP contribution in [0.15, 0.2) is 36.5 Å². The SMILES string of the molecule is CC(C)N1Cc2c(nc(N3CCN(C(=O)OC(C)(C)C)C(C)C3)nc2N(C)c2cc3ccccc3cn2)C1=O. The Bertz CT molecular complexity index is 1420. The molecule has 1 atom stereocenters. The van der Waals surface area contributed by atoms with Gasteiger partial charge in [0.25, 0.3) is 5.91 Å². The summed E-state index contributed by atoms with van der Waals surface area (Å²) in [7, 11) is 1.93. The highest BCUT2D eigenvalue weighted by molar-refractivity contribution is 5.99. The number of hydrogen-bond acceptors (Lipinski definition) is 8. The third kappa shape index (κ3) is 5.20. The minimum Gasteiger partial charge on any atom is -0.444 e. The normalized spacial score (nSPS) is 17.7. The number of nitrogens with zero attached hydrogens (tertiary/aromatic N) is 7. The van der Waals surface area contributed by atoms with Crippen molar-refractivity contribution in [3.05, 3.63) is 47.8 Å². The summed E-state index contributed by atoms with van der Waals surface area (Å²) >= 11 is 0. The predicted molar refractivity (Wildman–Crippen MR) is 151 cm³/mol. The first-order chi connectivity index (χ1) is 18.4. The van der Waals surface area contributed by atoms with Gasteiger partial charge in [0, 0.05) is 55.9 Å². The summed E-state index contributed by atoms with van der Waals surface area (Å²) in [6.45, 7) is 13.6. The Balaban J connectivity index is 1.49. The summed E-state index contributed by atoms with van der Waals surface area (Å²) in [4.78, 5) is 48.2. The van der Waals surface area contributed by atoms with E-state index in [1.807, 2.05) is 93.8 Å². The van der Waals surface area contributed by atoms with Crippen LogP contribution in [0.1, 0.15) is 57.6 Å². The van der Waals surface area contributed by atoms with Crippen molar-refractivity contribution in [3.8, 4) is 0 Å². The van der Waals surface area contributed by atoms with Gasteiger partial charge in [-0.25, -0.2) is 14.8 Å². The maximum absolute atomic E-state index is 13.4. The van der Waals surface area contributed by atoms with Gasteiger partial charge in [0.05, 0.1) is 6.54 Å². The third-order valence-electron chi connectivity index (χ3n) is 7.20. The van der Waals surface area contributed by atoms with Crippen LogP contribution in [0.5, 0.6) is 0 Å². The molecule has 4 heterocycles. The minimum absolute atomic E-state index is 0.0319. The van der Waals surface area contributed by atoms with Gasteiger partial charge in [-0.1, -0.05) is 24.3 Å². The van der Waals surface area contributed by atoms with Crippen molar-refractivity contribution in [2.75, 3.05) is 36.5 Å². The molecule has 206 valence electrons. The second-order valence-electron chi connectivity index (χ2n) is 11.6. The average Bonchev–Trinajstić information content (AvgIpc) is 3.23. The van der Waals surface area contributed by atoms with Crippen molar-refractivity contribution < 1.29 is 14.3 Å². The van der Waals surface area contributed by atoms with Crippen molar-refractivity contribution in [3.63, 3.8) is 0 Å². The van der Waals surface area contributed by atoms with E-state index >= 15 is 0 Å². The van der Waals surface area contributed by atoms with Crippen LogP contribution in [0.2, 0.25) is 0 Å². The molecule has 1 unspecified atom stereocenters. The Kier molecular flexibility index (Phi) is 6.82. The van der Waals surface area contributed by atoms with Gasteiger partial charge in [-0.2, -0.15) is 4.98 Å². The summed E-state index contributed by atoms with van der Waals surface area (Å²) in [5.41, 5.74) is 0.671. The minimum atomic E-state index is -0.560. The first-order valence-corrected chi connectivity index (χ1v) is 13.5. The van der Waals surface area contributed by atoms with Crippen molar-refractivity contribution in [2.45, 2.75) is 65.8 Å². The summed E-state index contributed by atoms with van der Waals surface area (Å²) in [6.07, 6.45) is 1.53. The third-order valence-corrected chi connectivity index (χ3v) is 7.20. The molecule has 10 heteroatoms. The van der Waals surface area contributed by atoms with Gasteiger partial charge in [-0.05, 0) is 53.0 Å². The number of pyridine rings is 1. The second kappa shape index (κ2) is 9.98. The number of hydrogen-bond donors (Lipinski definition) is 0. The Hall–Kier alpha value is -3.95. The molecule has 10 nitrogen and oxygen atoms in total. The van der Waals surface area contributed by atoms with Crippen molar-refractivity contribution >= 4 is 40.4 Å². The zero-order chi connectivity index (χ0) is 28.1. The van der Waals surface area contributed by atoms with Gasteiger partial charge in [-0.3, -0.25) is 4.79 Å². The number of carbonyl (C=O) groups is 2. The first kappa shape index (κ1) is 26.6. The molecule has 39 heavy (non-hydrogen) atoms. The highest BCUT2D eigenvalue weighted by Gasteiger charge is 2.37. The molecule has 1 fully saturated rings. The zero-order valence-electron chi connectivity index (χ0n) is 23.8. The standard InChI is InChI=1S/C29H37N7O3/c1-18(2)36-17-22-24(26(36)37)31-27(34-12-13-35(19(3)16-34)28(38)39-29(4,5)6)32-25(22)33(7)23-14-20-10-8-9-11-21(20)15-30-23/h8-11,14-15,18-19H,12-13,16-17H2,1-7H3. The molecule has 5 rings (SSSR count). The lowest BCUT2D eigenvalue weighted by Gasteiger charge is -2.40. The molecule has 0 N–H and O–H groups in total. The Morgan fingerprint density at radius 2 is 1.85 bits per heavy atom. The highest BCUT2D eigenvalue weighted by atomic mass is 16.6. The van der Waals surface area contributed by atoms with Gasteiger partial charge in [0.2, 0.25) is 5.95 Å². The van der Waals surface area contributed by atoms with Gasteiger partial charge in [0.1, 0.15) is 22.9 Å². The molecule has 1 aromatic carbocycles. The largest absolute Gasteiger partial charge is 0.444 e. The molecule has 0 saturated carbocycles. The van der Waals surface area contributed by atoms with E-state index in [2.05, 4.69) is 11.1 Å². The van der Waals surface area contributed by atoms with E-state index < -0.39 is 5.60 Å². The fraction of sp³-hybridized carbons (Fsp3) is 0.483. The molecular weight excluding hydrogens is 494 g/mol. The molecular formula is C29H37N7O3. The van der Waals surface area contributed by atoms with Crippen LogP contribution in [-0.2, 0) is 11.3 Å². The van der Waals surface area contributed by atoms with Crippen LogP contribution < -0.4 is 9.80 Å². The number of amides is 2. The summed E-state index contributed by atoms with van der Waals surface area (Å²) < 4.78 is 5.60. The van der Waals surface area contributed by atoms with E-state index in [-0.39, 0.29) is 24.1 Å². The van der Waals surface area contributed by atoms with Gasteiger partial charge in [-0.15, -0.1) is 0 Å². The van der Waals surface area contributed by atoms with Crippen LogP contribution >= 0.6 is 0 Å². The highest BCUT2D eigenvalue weighted by Crippen LogP contribution is 2.35. The van der Waals surface area contributed by atoms with Crippen molar-refractivity contribution in [1.29, 1.82) is 0 Å². The van der Waals surface area contributed by atoms with Gasteiger partial charge >= 0.3 is 6.09 Å². The van der Waals surface area contributed by atoms with Crippen LogP contribution in [0, 0.1) is 0 Å². The summed E-state index contributed by atoms with van der Waals surface area (Å²) in [5, 5.41) is 2.13. The Morgan fingerprint density at radius 1 is 1.13 bits per heavy atom. The van der Waals surface area contributed by atoms with E-state index in [0.29, 0.717) is 43.6 Å². The van der Waals surface area contributed by atoms with E-state index in [1.165, 1.54) is 0 Å². The summed E-state index contributed by atoms with van der Waals surface area (Å²) in [5.74, 6) is 1.78. The molecule has 2 aliphatic rings. The van der Waals surface area contributed by atoms with E-state index in [9.17, 15) is 9.59 Å². The predicted octanol–water partition coefficient (Wildman–Crippen LogP) is 4.60. The topological polar surface area (TPSA) is 95.0 Å². The van der Waals surface area contributed by atoms with Gasteiger partial charge in [0.15, 0.2) is 0 Å². The van der Waals surface area contributed by atoms with E-state index in [4.69, 9.17) is 14.7 Å². The quantitative estimate of drug-likeness (QED) is 0.482. The molecule has 0 aliphatic carbocycles. The van der Waals surface area contributed by atoms with E-state index in [0.717, 1.165) is 22.2 Å². The van der Waals surface area contributed by atoms with Crippen LogP contribution in [0.25, 0.3) is 10.8 Å². The second-order valence-corrected chi connectivity index (χ2v) is 11.6. The number of ether oxygens (including phenoxy) is 1. The number of rotatable bonds is 4. The molecule has 0 bridgehead atoms. The zero-order valence-corrected chi connectivity index (χ0v) is 23.8. The summed E-state index contributed by atoms with van der Waals surface area (Å²) in [6, 6.07) is 10.0. The van der Waals surface area contributed by atoms with Crippen molar-refractivity contribution in [2.24, 2.45) is 0 Å². The average molecular weight is 532 g/mol. The smallest absolute Gasteiger partial charge is 0.410 e. The Morgan fingerprint density at radius 3 is 2.51 bits per heavy atom. The number of aromatic nitrogens is 3.